The molecule has 0 spiro atoms. The van der Waals surface area contributed by atoms with E-state index in [0.717, 1.165) is 45.0 Å². The molecule has 116 valence electrons. The third-order valence-electron chi connectivity index (χ3n) is 3.71. The van der Waals surface area contributed by atoms with Crippen LogP contribution in [0.5, 0.6) is 0 Å². The van der Waals surface area contributed by atoms with Crippen LogP contribution in [0.25, 0.3) is 0 Å². The van der Waals surface area contributed by atoms with Gasteiger partial charge in [-0.2, -0.15) is 0 Å². The van der Waals surface area contributed by atoms with Crippen molar-refractivity contribution in [3.05, 3.63) is 35.1 Å². The highest BCUT2D eigenvalue weighted by molar-refractivity contribution is 5.87. The van der Waals surface area contributed by atoms with Crippen molar-refractivity contribution >= 4 is 5.97 Å². The Hall–Kier alpha value is -1.46. The second kappa shape index (κ2) is 7.52. The van der Waals surface area contributed by atoms with Gasteiger partial charge in [-0.15, -0.1) is 0 Å². The second-order valence-corrected chi connectivity index (χ2v) is 5.48. The van der Waals surface area contributed by atoms with E-state index in [2.05, 4.69) is 11.8 Å². The van der Waals surface area contributed by atoms with Crippen LogP contribution in [-0.2, 0) is 11.3 Å². The minimum atomic E-state index is -1.11. The molecule has 1 fully saturated rings. The Morgan fingerprint density at radius 2 is 2.33 bits per heavy atom. The van der Waals surface area contributed by atoms with Crippen LogP contribution in [0.15, 0.2) is 18.2 Å². The number of likely N-dealkylation sites (tertiary alicyclic amines) is 1. The minimum Gasteiger partial charge on any atom is -0.478 e. The molecule has 0 aliphatic carbocycles. The third kappa shape index (κ3) is 4.51. The summed E-state index contributed by atoms with van der Waals surface area (Å²) in [7, 11) is 0. The van der Waals surface area contributed by atoms with Gasteiger partial charge in [-0.05, 0) is 37.9 Å². The van der Waals surface area contributed by atoms with Gasteiger partial charge in [0.2, 0.25) is 0 Å². The van der Waals surface area contributed by atoms with E-state index in [1.54, 1.807) is 6.07 Å². The predicted molar refractivity (Wildman–Crippen MR) is 77.9 cm³/mol. The SMILES string of the molecule is CCCOC1CCCN(Cc2ccc(C(=O)O)cc2F)C1. The fraction of sp³-hybridized carbons (Fsp3) is 0.562. The zero-order valence-electron chi connectivity index (χ0n) is 12.3. The van der Waals surface area contributed by atoms with E-state index < -0.39 is 11.8 Å². The van der Waals surface area contributed by atoms with Gasteiger partial charge < -0.3 is 9.84 Å². The Kier molecular flexibility index (Phi) is 5.70. The molecule has 1 aromatic rings. The summed E-state index contributed by atoms with van der Waals surface area (Å²) in [6.07, 6.45) is 3.32. The zero-order valence-corrected chi connectivity index (χ0v) is 12.3. The van der Waals surface area contributed by atoms with E-state index in [-0.39, 0.29) is 11.7 Å². The Labute approximate surface area is 124 Å². The molecule has 1 aliphatic heterocycles. The van der Waals surface area contributed by atoms with Crippen molar-refractivity contribution in [1.29, 1.82) is 0 Å². The molecular formula is C16H22FNO3. The number of hydrogen-bond donors (Lipinski definition) is 1. The van der Waals surface area contributed by atoms with Gasteiger partial charge in [-0.1, -0.05) is 13.0 Å². The fourth-order valence-electron chi connectivity index (χ4n) is 2.63. The van der Waals surface area contributed by atoms with Crippen molar-refractivity contribution in [3.8, 4) is 0 Å². The maximum absolute atomic E-state index is 13.9. The van der Waals surface area contributed by atoms with E-state index in [0.29, 0.717) is 12.1 Å². The topological polar surface area (TPSA) is 49.8 Å². The number of halogens is 1. The van der Waals surface area contributed by atoms with Crippen molar-refractivity contribution in [1.82, 2.24) is 4.90 Å². The van der Waals surface area contributed by atoms with Crippen molar-refractivity contribution in [2.75, 3.05) is 19.7 Å². The lowest BCUT2D eigenvalue weighted by atomic mass is 10.1. The molecule has 0 radical (unpaired) electrons. The van der Waals surface area contributed by atoms with Gasteiger partial charge in [0, 0.05) is 25.3 Å². The molecule has 0 aromatic heterocycles. The molecule has 21 heavy (non-hydrogen) atoms. The molecule has 2 rings (SSSR count). The molecule has 5 heteroatoms. The van der Waals surface area contributed by atoms with Crippen LogP contribution in [0.1, 0.15) is 42.1 Å². The summed E-state index contributed by atoms with van der Waals surface area (Å²) in [5.74, 6) is -1.56. The quantitative estimate of drug-likeness (QED) is 0.876. The monoisotopic (exact) mass is 295 g/mol. The summed E-state index contributed by atoms with van der Waals surface area (Å²) in [5.41, 5.74) is 0.523. The van der Waals surface area contributed by atoms with E-state index >= 15 is 0 Å². The summed E-state index contributed by atoms with van der Waals surface area (Å²) in [6.45, 7) is 5.07. The smallest absolute Gasteiger partial charge is 0.335 e. The lowest BCUT2D eigenvalue weighted by molar-refractivity contribution is -0.00247. The third-order valence-corrected chi connectivity index (χ3v) is 3.71. The number of carboxylic acid groups (broad SMARTS) is 1. The first-order valence-corrected chi connectivity index (χ1v) is 7.45. The summed E-state index contributed by atoms with van der Waals surface area (Å²) >= 11 is 0. The number of ether oxygens (including phenoxy) is 1. The summed E-state index contributed by atoms with van der Waals surface area (Å²) in [6, 6.07) is 4.11. The number of piperidine rings is 1. The summed E-state index contributed by atoms with van der Waals surface area (Å²) in [4.78, 5) is 13.0. The van der Waals surface area contributed by atoms with E-state index in [1.165, 1.54) is 6.07 Å². The molecule has 1 unspecified atom stereocenters. The number of carboxylic acids is 1. The second-order valence-electron chi connectivity index (χ2n) is 5.48. The van der Waals surface area contributed by atoms with Gasteiger partial charge in [-0.3, -0.25) is 4.90 Å². The van der Waals surface area contributed by atoms with Gasteiger partial charge in [-0.25, -0.2) is 9.18 Å². The molecule has 4 nitrogen and oxygen atoms in total. The number of rotatable bonds is 6. The molecular weight excluding hydrogens is 273 g/mol. The molecule has 1 heterocycles. The van der Waals surface area contributed by atoms with Gasteiger partial charge in [0.25, 0.3) is 0 Å². The average Bonchev–Trinajstić information content (AvgIpc) is 2.47. The van der Waals surface area contributed by atoms with Crippen molar-refractivity contribution in [2.24, 2.45) is 0 Å². The van der Waals surface area contributed by atoms with E-state index in [1.807, 2.05) is 0 Å². The molecule has 0 saturated carbocycles. The van der Waals surface area contributed by atoms with Gasteiger partial charge in [0.15, 0.2) is 0 Å². The Bertz CT molecular complexity index is 492. The lowest BCUT2D eigenvalue weighted by Gasteiger charge is -2.32. The normalized spacial score (nSPS) is 19.6. The highest BCUT2D eigenvalue weighted by atomic mass is 19.1. The highest BCUT2D eigenvalue weighted by Gasteiger charge is 2.21. The van der Waals surface area contributed by atoms with Crippen LogP contribution in [0, 0.1) is 5.82 Å². The zero-order chi connectivity index (χ0) is 15.2. The Balaban J connectivity index is 1.96. The van der Waals surface area contributed by atoms with E-state index in [4.69, 9.17) is 9.84 Å². The van der Waals surface area contributed by atoms with Crippen molar-refractivity contribution in [3.63, 3.8) is 0 Å². The van der Waals surface area contributed by atoms with Crippen LogP contribution in [0.2, 0.25) is 0 Å². The van der Waals surface area contributed by atoms with Crippen molar-refractivity contribution in [2.45, 2.75) is 38.8 Å². The number of carbonyl (C=O) groups is 1. The molecule has 1 aliphatic rings. The van der Waals surface area contributed by atoms with Crippen LogP contribution in [-0.4, -0.2) is 41.8 Å². The summed E-state index contributed by atoms with van der Waals surface area (Å²) < 4.78 is 19.7. The molecule has 1 aromatic carbocycles. The van der Waals surface area contributed by atoms with Crippen LogP contribution in [0.3, 0.4) is 0 Å². The van der Waals surface area contributed by atoms with Gasteiger partial charge in [0.05, 0.1) is 11.7 Å². The van der Waals surface area contributed by atoms with Crippen LogP contribution < -0.4 is 0 Å². The van der Waals surface area contributed by atoms with Crippen LogP contribution in [0.4, 0.5) is 4.39 Å². The number of nitrogens with zero attached hydrogens (tertiary/aromatic N) is 1. The average molecular weight is 295 g/mol. The number of hydrogen-bond acceptors (Lipinski definition) is 3. The fourth-order valence-corrected chi connectivity index (χ4v) is 2.63. The molecule has 0 bridgehead atoms. The van der Waals surface area contributed by atoms with Crippen LogP contribution >= 0.6 is 0 Å². The maximum Gasteiger partial charge on any atom is 0.335 e. The standard InChI is InChI=1S/C16H22FNO3/c1-2-8-21-14-4-3-7-18(11-14)10-13-6-5-12(16(19)20)9-15(13)17/h5-6,9,14H,2-4,7-8,10-11H2,1H3,(H,19,20). The van der Waals surface area contributed by atoms with E-state index in [9.17, 15) is 9.18 Å². The molecule has 1 atom stereocenters. The largest absolute Gasteiger partial charge is 0.478 e. The molecule has 1 saturated heterocycles. The first-order chi connectivity index (χ1) is 10.1. The first-order valence-electron chi connectivity index (χ1n) is 7.45. The maximum atomic E-state index is 13.9. The highest BCUT2D eigenvalue weighted by Crippen LogP contribution is 2.18. The first kappa shape index (κ1) is 15.9. The number of benzene rings is 1. The minimum absolute atomic E-state index is 0.0148. The predicted octanol–water partition coefficient (Wildman–Crippen LogP) is 2.91. The van der Waals surface area contributed by atoms with Gasteiger partial charge >= 0.3 is 5.97 Å². The Morgan fingerprint density at radius 3 is 3.00 bits per heavy atom. The lowest BCUT2D eigenvalue weighted by Crippen LogP contribution is -2.39. The summed E-state index contributed by atoms with van der Waals surface area (Å²) in [5, 5.41) is 8.85. The molecule has 1 N–H and O–H groups in total. The number of aromatic carboxylic acids is 1. The Morgan fingerprint density at radius 1 is 1.52 bits per heavy atom. The molecule has 0 amide bonds. The van der Waals surface area contributed by atoms with Gasteiger partial charge in [0.1, 0.15) is 5.82 Å². The van der Waals surface area contributed by atoms with Crippen molar-refractivity contribution < 1.29 is 19.0 Å².